The molecule has 2 N–H and O–H groups in total. The van der Waals surface area contributed by atoms with Gasteiger partial charge in [-0.25, -0.2) is 0 Å². The summed E-state index contributed by atoms with van der Waals surface area (Å²) in [7, 11) is 0. The number of aromatic nitrogens is 4. The number of nitrogens with one attached hydrogen (secondary N) is 1. The van der Waals surface area contributed by atoms with E-state index in [-0.39, 0.29) is 0 Å². The van der Waals surface area contributed by atoms with Crippen LogP contribution in [0.5, 0.6) is 0 Å². The minimum absolute atomic E-state index is 0.411. The Morgan fingerprint density at radius 1 is 1.36 bits per heavy atom. The van der Waals surface area contributed by atoms with Crippen LogP contribution in [0.15, 0.2) is 36.8 Å². The van der Waals surface area contributed by atoms with Crippen LogP contribution in [0.3, 0.4) is 0 Å². The molecular weight excluding hydrogens is 280 g/mol. The van der Waals surface area contributed by atoms with Gasteiger partial charge in [-0.1, -0.05) is 0 Å². The molecule has 2 aromatic rings. The number of nitrogens with zero attached hydrogens (tertiary/aromatic N) is 5. The topological polar surface area (TPSA) is 79.1 Å². The van der Waals surface area contributed by atoms with E-state index >= 15 is 0 Å². The normalized spacial score (nSPS) is 19.5. The van der Waals surface area contributed by atoms with Crippen molar-refractivity contribution in [1.29, 1.82) is 0 Å². The number of hydrogen-bond donors (Lipinski definition) is 2. The van der Waals surface area contributed by atoms with Crippen molar-refractivity contribution >= 4 is 5.82 Å². The van der Waals surface area contributed by atoms with Crippen LogP contribution in [0.25, 0.3) is 0 Å². The second-order valence-electron chi connectivity index (χ2n) is 5.61. The zero-order valence-corrected chi connectivity index (χ0v) is 12.5. The Hall–Kier alpha value is -1.99. The van der Waals surface area contributed by atoms with E-state index in [4.69, 9.17) is 0 Å². The van der Waals surface area contributed by atoms with Crippen LogP contribution in [-0.4, -0.2) is 56.9 Å². The zero-order valence-electron chi connectivity index (χ0n) is 12.5. The molecule has 0 unspecified atom stereocenters. The second kappa shape index (κ2) is 7.33. The second-order valence-corrected chi connectivity index (χ2v) is 5.61. The maximum absolute atomic E-state index is 10.0. The first-order chi connectivity index (χ1) is 10.8. The van der Waals surface area contributed by atoms with Gasteiger partial charge in [0.25, 0.3) is 0 Å². The van der Waals surface area contributed by atoms with E-state index in [9.17, 15) is 5.11 Å². The summed E-state index contributed by atoms with van der Waals surface area (Å²) in [5, 5.41) is 25.6. The fraction of sp³-hybridized carbons (Fsp3) is 0.533. The lowest BCUT2D eigenvalue weighted by Crippen LogP contribution is -2.41. The maximum Gasteiger partial charge on any atom is 0.151 e. The van der Waals surface area contributed by atoms with Crippen molar-refractivity contribution in [2.45, 2.75) is 31.5 Å². The quantitative estimate of drug-likeness (QED) is 0.765. The molecule has 7 heteroatoms. The van der Waals surface area contributed by atoms with Gasteiger partial charge in [0.1, 0.15) is 0 Å². The monoisotopic (exact) mass is 302 g/mol. The van der Waals surface area contributed by atoms with Crippen molar-refractivity contribution in [2.75, 3.05) is 24.5 Å². The third kappa shape index (κ3) is 3.80. The standard InChI is InChI=1S/C15H22N6O/c22-14(12-20-8-3-7-18-20)11-16-10-13-4-2-9-21(13)15-5-1-6-17-19-15/h1,3,5-8,13-14,16,22H,2,4,9-12H2/t13-,14-/m1/s1. The van der Waals surface area contributed by atoms with Gasteiger partial charge in [-0.05, 0) is 31.0 Å². The SMILES string of the molecule is O[C@H](CNC[C@H]1CCCN1c1cccnn1)Cn1cccn1. The lowest BCUT2D eigenvalue weighted by Gasteiger charge is -2.25. The maximum atomic E-state index is 10.0. The molecule has 0 spiro atoms. The van der Waals surface area contributed by atoms with Crippen LogP contribution in [0.2, 0.25) is 0 Å². The van der Waals surface area contributed by atoms with Crippen LogP contribution in [0, 0.1) is 0 Å². The van der Waals surface area contributed by atoms with Gasteiger partial charge in [0.15, 0.2) is 5.82 Å². The lowest BCUT2D eigenvalue weighted by atomic mass is 10.2. The van der Waals surface area contributed by atoms with Gasteiger partial charge in [0.2, 0.25) is 0 Å². The summed E-state index contributed by atoms with van der Waals surface area (Å²) in [6.45, 7) is 2.93. The van der Waals surface area contributed by atoms with E-state index < -0.39 is 6.10 Å². The first kappa shape index (κ1) is 14.9. The van der Waals surface area contributed by atoms with Crippen molar-refractivity contribution in [3.8, 4) is 0 Å². The molecule has 22 heavy (non-hydrogen) atoms. The average molecular weight is 302 g/mol. The van der Waals surface area contributed by atoms with Crippen molar-refractivity contribution in [1.82, 2.24) is 25.3 Å². The molecule has 1 aliphatic rings. The summed E-state index contributed by atoms with van der Waals surface area (Å²) < 4.78 is 1.74. The molecule has 1 fully saturated rings. The molecule has 0 saturated carbocycles. The highest BCUT2D eigenvalue weighted by atomic mass is 16.3. The van der Waals surface area contributed by atoms with Gasteiger partial charge in [0, 0.05) is 44.3 Å². The molecule has 0 aromatic carbocycles. The number of hydrogen-bond acceptors (Lipinski definition) is 6. The average Bonchev–Trinajstić information content (AvgIpc) is 3.20. The van der Waals surface area contributed by atoms with E-state index in [1.54, 1.807) is 17.1 Å². The molecule has 3 heterocycles. The third-order valence-electron chi connectivity index (χ3n) is 3.95. The van der Waals surface area contributed by atoms with E-state index in [2.05, 4.69) is 25.5 Å². The van der Waals surface area contributed by atoms with E-state index in [0.29, 0.717) is 19.1 Å². The number of aliphatic hydroxyl groups excluding tert-OH is 1. The minimum atomic E-state index is -0.439. The van der Waals surface area contributed by atoms with E-state index in [1.165, 1.54) is 6.42 Å². The van der Waals surface area contributed by atoms with Crippen molar-refractivity contribution in [2.24, 2.45) is 0 Å². The molecule has 0 amide bonds. The minimum Gasteiger partial charge on any atom is -0.390 e. The zero-order chi connectivity index (χ0) is 15.2. The highest BCUT2D eigenvalue weighted by molar-refractivity contribution is 5.39. The van der Waals surface area contributed by atoms with Crippen LogP contribution in [0.4, 0.5) is 5.82 Å². The summed E-state index contributed by atoms with van der Waals surface area (Å²) in [5.41, 5.74) is 0. The number of rotatable bonds is 7. The highest BCUT2D eigenvalue weighted by Crippen LogP contribution is 2.22. The molecule has 7 nitrogen and oxygen atoms in total. The van der Waals surface area contributed by atoms with Gasteiger partial charge in [-0.15, -0.1) is 5.10 Å². The molecule has 0 radical (unpaired) electrons. The molecule has 1 aliphatic heterocycles. The fourth-order valence-corrected chi connectivity index (χ4v) is 2.90. The van der Waals surface area contributed by atoms with Crippen molar-refractivity contribution in [3.05, 3.63) is 36.8 Å². The Bertz CT molecular complexity index is 546. The largest absolute Gasteiger partial charge is 0.390 e. The fourth-order valence-electron chi connectivity index (χ4n) is 2.90. The van der Waals surface area contributed by atoms with E-state index in [1.807, 2.05) is 24.4 Å². The van der Waals surface area contributed by atoms with Crippen LogP contribution < -0.4 is 10.2 Å². The molecule has 118 valence electrons. The van der Waals surface area contributed by atoms with Crippen molar-refractivity contribution < 1.29 is 5.11 Å². The Morgan fingerprint density at radius 3 is 3.09 bits per heavy atom. The van der Waals surface area contributed by atoms with Crippen LogP contribution in [-0.2, 0) is 6.54 Å². The molecule has 0 aliphatic carbocycles. The Labute approximate surface area is 130 Å². The smallest absolute Gasteiger partial charge is 0.151 e. The predicted molar refractivity (Wildman–Crippen MR) is 83.5 cm³/mol. The molecule has 2 atom stereocenters. The number of anilines is 1. The van der Waals surface area contributed by atoms with Gasteiger partial charge >= 0.3 is 0 Å². The predicted octanol–water partition coefficient (Wildman–Crippen LogP) is 0.293. The molecule has 0 bridgehead atoms. The molecular formula is C15H22N6O. The summed E-state index contributed by atoms with van der Waals surface area (Å²) in [6.07, 6.45) is 7.13. The summed E-state index contributed by atoms with van der Waals surface area (Å²) in [5.74, 6) is 0.934. The highest BCUT2D eigenvalue weighted by Gasteiger charge is 2.25. The first-order valence-electron chi connectivity index (χ1n) is 7.73. The lowest BCUT2D eigenvalue weighted by molar-refractivity contribution is 0.146. The van der Waals surface area contributed by atoms with Crippen LogP contribution in [0.1, 0.15) is 12.8 Å². The summed E-state index contributed by atoms with van der Waals surface area (Å²) in [6, 6.07) is 6.18. The van der Waals surface area contributed by atoms with Gasteiger partial charge < -0.3 is 15.3 Å². The van der Waals surface area contributed by atoms with Crippen molar-refractivity contribution in [3.63, 3.8) is 0 Å². The molecule has 3 rings (SSSR count). The van der Waals surface area contributed by atoms with Gasteiger partial charge in [-0.2, -0.15) is 10.2 Å². The molecule has 2 aromatic heterocycles. The Balaban J connectivity index is 1.44. The number of aliphatic hydroxyl groups is 1. The summed E-state index contributed by atoms with van der Waals surface area (Å²) >= 11 is 0. The Morgan fingerprint density at radius 2 is 2.32 bits per heavy atom. The summed E-state index contributed by atoms with van der Waals surface area (Å²) in [4.78, 5) is 2.29. The molecule has 1 saturated heterocycles. The first-order valence-corrected chi connectivity index (χ1v) is 7.73. The third-order valence-corrected chi connectivity index (χ3v) is 3.95. The van der Waals surface area contributed by atoms with Gasteiger partial charge in [-0.3, -0.25) is 4.68 Å². The van der Waals surface area contributed by atoms with E-state index in [0.717, 1.165) is 25.3 Å². The van der Waals surface area contributed by atoms with Crippen LogP contribution >= 0.6 is 0 Å². The Kier molecular flexibility index (Phi) is 4.97. The van der Waals surface area contributed by atoms with Gasteiger partial charge in [0.05, 0.1) is 12.6 Å².